The van der Waals surface area contributed by atoms with Crippen LogP contribution < -0.4 is 33.2 Å². The standard InChI is InChI=1S/C23H37N7O5S2/c1-37-11-9-16(22(34)35)28-21(33)18(13-36)30-20(32)17(12-14-6-3-2-4-7-14)29-19(31)15(24)8-5-10-27-23(25)26/h2-4,6-7,15-18,36H,5,8-13,24H2,1H3,(H,28,33)(H,29,31)(H,30,32)(H,34,35)(H4,25,26,27). The normalized spacial score (nSPS) is 13.9. The molecule has 4 unspecified atom stereocenters. The second kappa shape index (κ2) is 17.5. The van der Waals surface area contributed by atoms with Crippen molar-refractivity contribution in [2.24, 2.45) is 22.2 Å². The lowest BCUT2D eigenvalue weighted by Crippen LogP contribution is -2.58. The molecule has 4 atom stereocenters. The number of rotatable bonds is 17. The summed E-state index contributed by atoms with van der Waals surface area (Å²) in [6.07, 6.45) is 2.95. The Balaban J connectivity index is 2.91. The lowest BCUT2D eigenvalue weighted by molar-refractivity contribution is -0.142. The third-order valence-corrected chi connectivity index (χ3v) is 6.27. The zero-order chi connectivity index (χ0) is 27.8. The maximum atomic E-state index is 13.2. The van der Waals surface area contributed by atoms with E-state index in [0.717, 1.165) is 5.56 Å². The highest BCUT2D eigenvalue weighted by molar-refractivity contribution is 7.98. The molecule has 206 valence electrons. The van der Waals surface area contributed by atoms with Crippen LogP contribution in [-0.4, -0.2) is 83.2 Å². The SMILES string of the molecule is CSCCC(NC(=O)C(CS)NC(=O)C(Cc1ccccc1)NC(=O)C(N)CCCN=C(N)N)C(=O)O. The number of guanidine groups is 1. The Bertz CT molecular complexity index is 916. The van der Waals surface area contributed by atoms with Gasteiger partial charge >= 0.3 is 5.97 Å². The Morgan fingerprint density at radius 1 is 0.973 bits per heavy atom. The van der Waals surface area contributed by atoms with Crippen LogP contribution in [0.25, 0.3) is 0 Å². The van der Waals surface area contributed by atoms with Crippen LogP contribution in [0.3, 0.4) is 0 Å². The molecule has 0 bridgehead atoms. The Hall–Kier alpha value is -2.97. The number of nitrogens with zero attached hydrogens (tertiary/aromatic N) is 1. The number of nitrogens with two attached hydrogens (primary N) is 3. The maximum absolute atomic E-state index is 13.2. The molecule has 14 heteroatoms. The number of aliphatic imine (C=N–C) groups is 1. The van der Waals surface area contributed by atoms with Crippen molar-refractivity contribution in [1.82, 2.24) is 16.0 Å². The fraction of sp³-hybridized carbons (Fsp3) is 0.522. The molecule has 12 nitrogen and oxygen atoms in total. The van der Waals surface area contributed by atoms with E-state index in [9.17, 15) is 24.3 Å². The van der Waals surface area contributed by atoms with Gasteiger partial charge in [-0.1, -0.05) is 30.3 Å². The number of carboxylic acid groups (broad SMARTS) is 1. The minimum atomic E-state index is -1.17. The highest BCUT2D eigenvalue weighted by Crippen LogP contribution is 2.07. The van der Waals surface area contributed by atoms with Gasteiger partial charge in [-0.25, -0.2) is 4.79 Å². The van der Waals surface area contributed by atoms with Gasteiger partial charge in [0.2, 0.25) is 17.7 Å². The second-order valence-corrected chi connectivity index (χ2v) is 9.58. The van der Waals surface area contributed by atoms with Gasteiger partial charge in [0.05, 0.1) is 6.04 Å². The molecular weight excluding hydrogens is 518 g/mol. The van der Waals surface area contributed by atoms with E-state index in [1.54, 1.807) is 24.3 Å². The van der Waals surface area contributed by atoms with Crippen molar-refractivity contribution >= 4 is 54.0 Å². The molecule has 0 fully saturated rings. The highest BCUT2D eigenvalue weighted by atomic mass is 32.2. The Labute approximate surface area is 226 Å². The summed E-state index contributed by atoms with van der Waals surface area (Å²) in [6.45, 7) is 0.310. The first-order valence-electron chi connectivity index (χ1n) is 11.7. The van der Waals surface area contributed by atoms with Crippen LogP contribution in [0.15, 0.2) is 35.3 Å². The van der Waals surface area contributed by atoms with E-state index in [1.165, 1.54) is 11.8 Å². The number of benzene rings is 1. The summed E-state index contributed by atoms with van der Waals surface area (Å²) in [4.78, 5) is 53.9. The van der Waals surface area contributed by atoms with Crippen molar-refractivity contribution in [2.45, 2.75) is 49.9 Å². The number of carboxylic acids is 1. The number of nitrogens with one attached hydrogen (secondary N) is 3. The smallest absolute Gasteiger partial charge is 0.326 e. The number of amides is 3. The van der Waals surface area contributed by atoms with Gasteiger partial charge in [-0.3, -0.25) is 19.4 Å². The number of thioether (sulfide) groups is 1. The number of aliphatic carboxylic acids is 1. The number of hydrogen-bond acceptors (Lipinski definition) is 8. The molecule has 1 aromatic carbocycles. The summed E-state index contributed by atoms with van der Waals surface area (Å²) in [5.41, 5.74) is 17.3. The van der Waals surface area contributed by atoms with Crippen LogP contribution in [0.4, 0.5) is 0 Å². The summed E-state index contributed by atoms with van der Waals surface area (Å²) >= 11 is 5.60. The van der Waals surface area contributed by atoms with Crippen LogP contribution in [0.1, 0.15) is 24.8 Å². The van der Waals surface area contributed by atoms with Crippen LogP contribution >= 0.6 is 24.4 Å². The van der Waals surface area contributed by atoms with Gasteiger partial charge < -0.3 is 38.3 Å². The fourth-order valence-corrected chi connectivity index (χ4v) is 3.95. The summed E-state index contributed by atoms with van der Waals surface area (Å²) in [7, 11) is 0. The maximum Gasteiger partial charge on any atom is 0.326 e. The van der Waals surface area contributed by atoms with E-state index in [2.05, 4.69) is 33.6 Å². The van der Waals surface area contributed by atoms with Crippen LogP contribution in [0.5, 0.6) is 0 Å². The van der Waals surface area contributed by atoms with E-state index >= 15 is 0 Å². The van der Waals surface area contributed by atoms with Crippen molar-refractivity contribution in [1.29, 1.82) is 0 Å². The Morgan fingerprint density at radius 3 is 2.14 bits per heavy atom. The molecule has 0 aliphatic rings. The van der Waals surface area contributed by atoms with E-state index < -0.39 is 47.9 Å². The minimum absolute atomic E-state index is 0.0562. The number of carbonyl (C=O) groups is 4. The van der Waals surface area contributed by atoms with Gasteiger partial charge in [0.25, 0.3) is 0 Å². The minimum Gasteiger partial charge on any atom is -0.480 e. The molecule has 0 heterocycles. The van der Waals surface area contributed by atoms with E-state index in [0.29, 0.717) is 18.7 Å². The predicted molar refractivity (Wildman–Crippen MR) is 148 cm³/mol. The molecule has 0 aliphatic carbocycles. The third-order valence-electron chi connectivity index (χ3n) is 5.26. The van der Waals surface area contributed by atoms with Gasteiger partial charge in [0.15, 0.2) is 5.96 Å². The largest absolute Gasteiger partial charge is 0.480 e. The first kappa shape index (κ1) is 32.1. The molecule has 1 aromatic rings. The van der Waals surface area contributed by atoms with Gasteiger partial charge in [0, 0.05) is 18.7 Å². The van der Waals surface area contributed by atoms with E-state index in [1.807, 2.05) is 12.3 Å². The fourth-order valence-electron chi connectivity index (χ4n) is 3.22. The molecule has 0 aliphatic heterocycles. The summed E-state index contributed by atoms with van der Waals surface area (Å²) in [6, 6.07) is 4.85. The van der Waals surface area contributed by atoms with Crippen molar-refractivity contribution < 1.29 is 24.3 Å². The predicted octanol–water partition coefficient (Wildman–Crippen LogP) is -1.17. The zero-order valence-corrected chi connectivity index (χ0v) is 22.5. The lowest BCUT2D eigenvalue weighted by Gasteiger charge is -2.24. The molecule has 0 saturated carbocycles. The second-order valence-electron chi connectivity index (χ2n) is 8.23. The first-order valence-corrected chi connectivity index (χ1v) is 13.7. The molecule has 0 spiro atoms. The van der Waals surface area contributed by atoms with Crippen LogP contribution in [0, 0.1) is 0 Å². The van der Waals surface area contributed by atoms with Gasteiger partial charge in [0.1, 0.15) is 18.1 Å². The molecule has 37 heavy (non-hydrogen) atoms. The molecule has 0 saturated heterocycles. The molecule has 1 rings (SSSR count). The highest BCUT2D eigenvalue weighted by Gasteiger charge is 2.29. The molecular formula is C23H37N7O5S2. The van der Waals surface area contributed by atoms with Crippen LogP contribution in [0.2, 0.25) is 0 Å². The summed E-state index contributed by atoms with van der Waals surface area (Å²) in [5, 5.41) is 17.0. The zero-order valence-electron chi connectivity index (χ0n) is 20.8. The van der Waals surface area contributed by atoms with E-state index in [-0.39, 0.29) is 31.0 Å². The van der Waals surface area contributed by atoms with Crippen molar-refractivity contribution in [2.75, 3.05) is 24.3 Å². The van der Waals surface area contributed by atoms with Crippen molar-refractivity contribution in [3.8, 4) is 0 Å². The molecule has 10 N–H and O–H groups in total. The Morgan fingerprint density at radius 2 is 1.57 bits per heavy atom. The molecule has 3 amide bonds. The number of thiol groups is 1. The van der Waals surface area contributed by atoms with Gasteiger partial charge in [-0.2, -0.15) is 24.4 Å². The quantitative estimate of drug-likeness (QED) is 0.0502. The number of carbonyl (C=O) groups excluding carboxylic acids is 3. The summed E-state index contributed by atoms with van der Waals surface area (Å²) < 4.78 is 0. The monoisotopic (exact) mass is 555 g/mol. The first-order chi connectivity index (χ1) is 17.6. The summed E-state index contributed by atoms with van der Waals surface area (Å²) in [5.74, 6) is -2.63. The van der Waals surface area contributed by atoms with E-state index in [4.69, 9.17) is 17.2 Å². The molecule has 0 aromatic heterocycles. The topological polar surface area (TPSA) is 215 Å². The lowest BCUT2D eigenvalue weighted by atomic mass is 10.0. The molecule has 0 radical (unpaired) electrons. The average Bonchev–Trinajstić information content (AvgIpc) is 2.86. The average molecular weight is 556 g/mol. The Kier molecular flexibility index (Phi) is 15.1. The van der Waals surface area contributed by atoms with Gasteiger partial charge in [-0.15, -0.1) is 0 Å². The van der Waals surface area contributed by atoms with Crippen molar-refractivity contribution in [3.05, 3.63) is 35.9 Å². The van der Waals surface area contributed by atoms with Gasteiger partial charge in [-0.05, 0) is 36.8 Å². The van der Waals surface area contributed by atoms with Crippen molar-refractivity contribution in [3.63, 3.8) is 0 Å². The number of hydrogen-bond donors (Lipinski definition) is 8. The third kappa shape index (κ3) is 12.7. The van der Waals surface area contributed by atoms with Crippen LogP contribution in [-0.2, 0) is 25.6 Å².